The van der Waals surface area contributed by atoms with Gasteiger partial charge in [0.2, 0.25) is 0 Å². The van der Waals surface area contributed by atoms with Crippen molar-refractivity contribution in [3.8, 4) is 0 Å². The molecule has 3 heterocycles. The van der Waals surface area contributed by atoms with Gasteiger partial charge in [-0.3, -0.25) is 9.59 Å². The molecule has 0 saturated heterocycles. The monoisotopic (exact) mass is 421 g/mol. The van der Waals surface area contributed by atoms with E-state index in [1.54, 1.807) is 40.5 Å². The third-order valence-corrected chi connectivity index (χ3v) is 5.88. The van der Waals surface area contributed by atoms with Crippen molar-refractivity contribution in [2.75, 3.05) is 0 Å². The maximum Gasteiger partial charge on any atom is 0.260 e. The van der Waals surface area contributed by atoms with E-state index in [4.69, 9.17) is 11.6 Å². The smallest absolute Gasteiger partial charge is 0.260 e. The van der Waals surface area contributed by atoms with Gasteiger partial charge in [0.05, 0.1) is 22.1 Å². The third kappa shape index (κ3) is 2.97. The fraction of sp³-hybridized carbons (Fsp3) is 0.273. The number of aromatic nitrogens is 4. The lowest BCUT2D eigenvalue weighted by molar-refractivity contribution is 0.0939. The van der Waals surface area contributed by atoms with Gasteiger partial charge in [-0.1, -0.05) is 23.7 Å². The summed E-state index contributed by atoms with van der Waals surface area (Å²) >= 11 is 6.32. The van der Waals surface area contributed by atoms with Crippen LogP contribution in [0.2, 0.25) is 5.02 Å². The molecule has 0 spiro atoms. The minimum Gasteiger partial charge on any atom is -0.344 e. The molecule has 1 aromatic carbocycles. The summed E-state index contributed by atoms with van der Waals surface area (Å²) in [5, 5.41) is 9.14. The molecule has 30 heavy (non-hydrogen) atoms. The second-order valence-electron chi connectivity index (χ2n) is 7.72. The number of carbonyl (C=O) groups is 1. The van der Waals surface area contributed by atoms with Crippen molar-refractivity contribution >= 4 is 33.9 Å². The van der Waals surface area contributed by atoms with Gasteiger partial charge in [0, 0.05) is 24.1 Å². The zero-order chi connectivity index (χ0) is 21.0. The minimum atomic E-state index is -0.382. The number of benzene rings is 1. The lowest BCUT2D eigenvalue weighted by atomic mass is 10.1. The Morgan fingerprint density at radius 2 is 2.10 bits per heavy atom. The Balaban J connectivity index is 1.57. The van der Waals surface area contributed by atoms with Gasteiger partial charge < -0.3 is 9.88 Å². The lowest BCUT2D eigenvalue weighted by Gasteiger charge is -2.21. The van der Waals surface area contributed by atoms with Gasteiger partial charge in [-0.2, -0.15) is 5.10 Å². The molecule has 1 saturated carbocycles. The van der Waals surface area contributed by atoms with E-state index in [1.165, 1.54) is 0 Å². The first-order chi connectivity index (χ1) is 14.5. The lowest BCUT2D eigenvalue weighted by Crippen LogP contribution is -2.32. The van der Waals surface area contributed by atoms with Gasteiger partial charge in [0.25, 0.3) is 11.5 Å². The number of hydrogen-bond acceptors (Lipinski definition) is 4. The second-order valence-corrected chi connectivity index (χ2v) is 8.13. The zero-order valence-electron chi connectivity index (χ0n) is 16.6. The maximum absolute atomic E-state index is 13.2. The normalized spacial score (nSPS) is 14.9. The van der Waals surface area contributed by atoms with Gasteiger partial charge in [0.1, 0.15) is 5.56 Å². The van der Waals surface area contributed by atoms with Gasteiger partial charge in [-0.25, -0.2) is 9.50 Å². The number of nitrogens with zero attached hydrogens (tertiary/aromatic N) is 4. The Morgan fingerprint density at radius 3 is 2.87 bits per heavy atom. The summed E-state index contributed by atoms with van der Waals surface area (Å²) in [6.07, 6.45) is 5.28. The predicted octanol–water partition coefficient (Wildman–Crippen LogP) is 3.83. The quantitative estimate of drug-likeness (QED) is 0.543. The summed E-state index contributed by atoms with van der Waals surface area (Å²) in [5.41, 5.74) is 2.21. The van der Waals surface area contributed by atoms with Crippen molar-refractivity contribution in [2.24, 2.45) is 0 Å². The molecule has 1 amide bonds. The van der Waals surface area contributed by atoms with Crippen LogP contribution in [0.25, 0.3) is 16.4 Å². The summed E-state index contributed by atoms with van der Waals surface area (Å²) in [4.78, 5) is 30.6. The van der Waals surface area contributed by atoms with E-state index in [2.05, 4.69) is 15.4 Å². The predicted molar refractivity (Wildman–Crippen MR) is 115 cm³/mol. The van der Waals surface area contributed by atoms with Crippen LogP contribution in [0.1, 0.15) is 53.6 Å². The molecule has 0 unspecified atom stereocenters. The zero-order valence-corrected chi connectivity index (χ0v) is 17.3. The van der Waals surface area contributed by atoms with E-state index in [9.17, 15) is 9.59 Å². The van der Waals surface area contributed by atoms with Crippen LogP contribution in [-0.4, -0.2) is 25.1 Å². The highest BCUT2D eigenvalue weighted by Gasteiger charge is 2.30. The average Bonchev–Trinajstić information content (AvgIpc) is 3.48. The fourth-order valence-corrected chi connectivity index (χ4v) is 4.26. The third-order valence-electron chi connectivity index (χ3n) is 5.56. The number of amides is 1. The molecule has 8 heteroatoms. The average molecular weight is 422 g/mol. The Bertz CT molecular complexity index is 1370. The Morgan fingerprint density at radius 1 is 1.30 bits per heavy atom. The van der Waals surface area contributed by atoms with E-state index in [1.807, 2.05) is 25.1 Å². The highest BCUT2D eigenvalue weighted by molar-refractivity contribution is 6.35. The molecule has 0 bridgehead atoms. The topological polar surface area (TPSA) is 81.3 Å². The van der Waals surface area contributed by atoms with E-state index in [0.29, 0.717) is 27.3 Å². The Hall–Kier alpha value is -3.19. The summed E-state index contributed by atoms with van der Waals surface area (Å²) < 4.78 is 3.38. The number of carbonyl (C=O) groups excluding carboxylic acids is 1. The Labute approximate surface area is 177 Å². The standard InChI is InChI=1S/C22H20ClN5O2/c1-12(25-21(29)18-13(2)26-27-10-4-9-24-20(18)27)17-11-14-5-3-6-16(23)19(14)22(30)28(17)15-7-8-15/h3-6,9-12,15H,7-8H2,1-2H3,(H,25,29)/t12-/m0/s1. The summed E-state index contributed by atoms with van der Waals surface area (Å²) in [6, 6.07) is 8.91. The minimum absolute atomic E-state index is 0.106. The van der Waals surface area contributed by atoms with Gasteiger partial charge in [0.15, 0.2) is 5.65 Å². The largest absolute Gasteiger partial charge is 0.344 e. The molecule has 7 nitrogen and oxygen atoms in total. The molecule has 1 aliphatic rings. The van der Waals surface area contributed by atoms with Crippen LogP contribution in [0.3, 0.4) is 0 Å². The van der Waals surface area contributed by atoms with Crippen LogP contribution in [0.4, 0.5) is 0 Å². The second kappa shape index (κ2) is 6.95. The first-order valence-electron chi connectivity index (χ1n) is 9.90. The van der Waals surface area contributed by atoms with Gasteiger partial charge in [-0.05, 0) is 50.3 Å². The number of halogens is 1. The van der Waals surface area contributed by atoms with Crippen molar-refractivity contribution in [2.45, 2.75) is 38.8 Å². The number of hydrogen-bond donors (Lipinski definition) is 1. The molecular weight excluding hydrogens is 402 g/mol. The van der Waals surface area contributed by atoms with Crippen molar-refractivity contribution in [1.29, 1.82) is 0 Å². The first-order valence-corrected chi connectivity index (χ1v) is 10.3. The molecular formula is C22H20ClN5O2. The van der Waals surface area contributed by atoms with Gasteiger partial charge in [-0.15, -0.1) is 0 Å². The number of aryl methyl sites for hydroxylation is 1. The fourth-order valence-electron chi connectivity index (χ4n) is 4.00. The van der Waals surface area contributed by atoms with Crippen molar-refractivity contribution in [1.82, 2.24) is 24.5 Å². The summed E-state index contributed by atoms with van der Waals surface area (Å²) in [6.45, 7) is 3.67. The molecule has 5 rings (SSSR count). The van der Waals surface area contributed by atoms with Crippen LogP contribution >= 0.6 is 11.6 Å². The van der Waals surface area contributed by atoms with Crippen molar-refractivity contribution < 1.29 is 4.79 Å². The van der Waals surface area contributed by atoms with Crippen molar-refractivity contribution in [3.05, 3.63) is 75.1 Å². The number of fused-ring (bicyclic) bond motifs is 2. The van der Waals surface area contributed by atoms with Crippen LogP contribution in [0.15, 0.2) is 47.5 Å². The van der Waals surface area contributed by atoms with E-state index in [-0.39, 0.29) is 23.6 Å². The first kappa shape index (κ1) is 18.8. The SMILES string of the molecule is Cc1nn2cccnc2c1C(=O)N[C@@H](C)c1cc2cccc(Cl)c2c(=O)n1C1CC1. The number of rotatable bonds is 4. The molecule has 0 aliphatic heterocycles. The number of pyridine rings is 1. The maximum atomic E-state index is 13.2. The molecule has 1 atom stereocenters. The van der Waals surface area contributed by atoms with Crippen LogP contribution in [-0.2, 0) is 0 Å². The van der Waals surface area contributed by atoms with Crippen LogP contribution in [0.5, 0.6) is 0 Å². The molecule has 1 aliphatic carbocycles. The Kier molecular flexibility index (Phi) is 4.36. The van der Waals surface area contributed by atoms with Gasteiger partial charge >= 0.3 is 0 Å². The highest BCUT2D eigenvalue weighted by Crippen LogP contribution is 2.37. The highest BCUT2D eigenvalue weighted by atomic mass is 35.5. The molecule has 1 fully saturated rings. The summed E-state index contributed by atoms with van der Waals surface area (Å²) in [5.74, 6) is -0.269. The molecule has 152 valence electrons. The van der Waals surface area contributed by atoms with E-state index < -0.39 is 0 Å². The van der Waals surface area contributed by atoms with E-state index in [0.717, 1.165) is 23.9 Å². The molecule has 1 N–H and O–H groups in total. The summed E-state index contributed by atoms with van der Waals surface area (Å²) in [7, 11) is 0. The molecule has 0 radical (unpaired) electrons. The molecule has 3 aromatic heterocycles. The van der Waals surface area contributed by atoms with E-state index >= 15 is 0 Å². The molecule has 4 aromatic rings. The van der Waals surface area contributed by atoms with Crippen molar-refractivity contribution in [3.63, 3.8) is 0 Å². The van der Waals surface area contributed by atoms with Crippen LogP contribution in [0, 0.1) is 6.92 Å². The van der Waals surface area contributed by atoms with Crippen LogP contribution < -0.4 is 10.9 Å². The number of nitrogens with one attached hydrogen (secondary N) is 1.